The maximum Gasteiger partial charge on any atom is 0.0453 e. The van der Waals surface area contributed by atoms with Crippen LogP contribution in [0, 0.1) is 0 Å². The van der Waals surface area contributed by atoms with Crippen molar-refractivity contribution in [3.63, 3.8) is 0 Å². The molecule has 0 aliphatic rings. The Morgan fingerprint density at radius 3 is 2.50 bits per heavy atom. The maximum atomic E-state index is 9.14. The van der Waals surface area contributed by atoms with E-state index in [1.807, 2.05) is 0 Å². The molecule has 0 radical (unpaired) electrons. The third-order valence-corrected chi connectivity index (χ3v) is 3.64. The lowest BCUT2D eigenvalue weighted by atomic mass is 9.94. The summed E-state index contributed by atoms with van der Waals surface area (Å²) in [5.74, 6) is 0. The zero-order chi connectivity index (χ0) is 13.0. The summed E-state index contributed by atoms with van der Waals surface area (Å²) in [6.45, 7) is 4.51. The molecule has 0 saturated heterocycles. The molecule has 1 unspecified atom stereocenters. The van der Waals surface area contributed by atoms with Crippen molar-refractivity contribution in [3.05, 3.63) is 42.5 Å². The molecule has 2 heteroatoms. The van der Waals surface area contributed by atoms with Crippen LogP contribution >= 0.6 is 0 Å². The van der Waals surface area contributed by atoms with Gasteiger partial charge in [-0.25, -0.2) is 0 Å². The highest BCUT2D eigenvalue weighted by molar-refractivity contribution is 5.85. The van der Waals surface area contributed by atoms with E-state index in [0.717, 1.165) is 18.5 Å². The summed E-state index contributed by atoms with van der Waals surface area (Å²) in [4.78, 5) is 0. The van der Waals surface area contributed by atoms with Gasteiger partial charge in [-0.05, 0) is 42.7 Å². The molecule has 0 aliphatic heterocycles. The van der Waals surface area contributed by atoms with Gasteiger partial charge in [0.1, 0.15) is 0 Å². The summed E-state index contributed by atoms with van der Waals surface area (Å²) in [7, 11) is 0. The first kappa shape index (κ1) is 12.9. The first-order valence-electron chi connectivity index (χ1n) is 6.55. The van der Waals surface area contributed by atoms with Crippen LogP contribution in [0.2, 0.25) is 0 Å². The largest absolute Gasteiger partial charge is 0.396 e. The van der Waals surface area contributed by atoms with Crippen LogP contribution in [0.15, 0.2) is 42.5 Å². The van der Waals surface area contributed by atoms with Crippen molar-refractivity contribution in [2.24, 2.45) is 0 Å². The molecule has 2 aromatic rings. The number of hydrogen-bond acceptors (Lipinski definition) is 2. The molecule has 2 rings (SSSR count). The van der Waals surface area contributed by atoms with Gasteiger partial charge in [-0.2, -0.15) is 0 Å². The van der Waals surface area contributed by atoms with Gasteiger partial charge in [0.2, 0.25) is 0 Å². The molecule has 2 N–H and O–H groups in total. The topological polar surface area (TPSA) is 32.3 Å². The van der Waals surface area contributed by atoms with Crippen molar-refractivity contribution < 1.29 is 5.11 Å². The summed E-state index contributed by atoms with van der Waals surface area (Å²) in [6.07, 6.45) is 1.75. The Kier molecular flexibility index (Phi) is 3.87. The Balaban J connectivity index is 2.26. The second kappa shape index (κ2) is 5.40. The second-order valence-corrected chi connectivity index (χ2v) is 5.07. The summed E-state index contributed by atoms with van der Waals surface area (Å²) >= 11 is 0. The highest BCUT2D eigenvalue weighted by Gasteiger charge is 2.20. The number of fused-ring (bicyclic) bond motifs is 1. The number of hydrogen-bond donors (Lipinski definition) is 2. The molecule has 0 amide bonds. The monoisotopic (exact) mass is 243 g/mol. The van der Waals surface area contributed by atoms with Gasteiger partial charge in [-0.1, -0.05) is 37.3 Å². The van der Waals surface area contributed by atoms with Crippen LogP contribution in [0.4, 0.5) is 5.69 Å². The van der Waals surface area contributed by atoms with Gasteiger partial charge in [0.25, 0.3) is 0 Å². The van der Waals surface area contributed by atoms with Gasteiger partial charge < -0.3 is 10.4 Å². The Morgan fingerprint density at radius 2 is 1.83 bits per heavy atom. The number of benzene rings is 2. The van der Waals surface area contributed by atoms with E-state index in [0.29, 0.717) is 0 Å². The Labute approximate surface area is 109 Å². The molecule has 18 heavy (non-hydrogen) atoms. The van der Waals surface area contributed by atoms with E-state index in [1.165, 1.54) is 10.8 Å². The molecular weight excluding hydrogens is 222 g/mol. The number of rotatable bonds is 5. The average molecular weight is 243 g/mol. The smallest absolute Gasteiger partial charge is 0.0453 e. The van der Waals surface area contributed by atoms with Crippen molar-refractivity contribution in [3.8, 4) is 0 Å². The predicted molar refractivity (Wildman–Crippen MR) is 78.0 cm³/mol. The molecule has 0 heterocycles. The van der Waals surface area contributed by atoms with Crippen LogP contribution in [-0.4, -0.2) is 17.3 Å². The summed E-state index contributed by atoms with van der Waals surface area (Å²) < 4.78 is 0. The molecular formula is C16H21NO. The minimum absolute atomic E-state index is 0.0444. The van der Waals surface area contributed by atoms with Crippen molar-refractivity contribution in [2.75, 3.05) is 11.9 Å². The molecule has 2 nitrogen and oxygen atoms in total. The molecule has 0 spiro atoms. The van der Waals surface area contributed by atoms with Crippen molar-refractivity contribution in [2.45, 2.75) is 32.2 Å². The van der Waals surface area contributed by atoms with Gasteiger partial charge >= 0.3 is 0 Å². The van der Waals surface area contributed by atoms with E-state index in [2.05, 4.69) is 61.6 Å². The van der Waals surface area contributed by atoms with Crippen LogP contribution in [0.25, 0.3) is 10.8 Å². The van der Waals surface area contributed by atoms with E-state index in [-0.39, 0.29) is 12.1 Å². The predicted octanol–water partition coefficient (Wildman–Crippen LogP) is 3.80. The molecule has 0 aliphatic carbocycles. The zero-order valence-electron chi connectivity index (χ0n) is 11.1. The van der Waals surface area contributed by atoms with Crippen LogP contribution in [0.5, 0.6) is 0 Å². The maximum absolute atomic E-state index is 9.14. The quantitative estimate of drug-likeness (QED) is 0.837. The normalized spacial score (nSPS) is 14.4. The standard InChI is InChI=1S/C16H21NO/c1-3-16(2,10-11-18)17-15-9-8-13-6-4-5-7-14(13)12-15/h4-9,12,17-18H,3,10-11H2,1-2H3. The molecule has 2 aromatic carbocycles. The Morgan fingerprint density at radius 1 is 1.11 bits per heavy atom. The third kappa shape index (κ3) is 2.82. The van der Waals surface area contributed by atoms with Crippen molar-refractivity contribution >= 4 is 16.5 Å². The molecule has 0 bridgehead atoms. The highest BCUT2D eigenvalue weighted by atomic mass is 16.3. The number of aliphatic hydroxyl groups is 1. The number of anilines is 1. The van der Waals surface area contributed by atoms with Gasteiger partial charge in [0, 0.05) is 17.8 Å². The fourth-order valence-electron chi connectivity index (χ4n) is 2.19. The second-order valence-electron chi connectivity index (χ2n) is 5.07. The Bertz CT molecular complexity index is 523. The fraction of sp³-hybridized carbons (Fsp3) is 0.375. The van der Waals surface area contributed by atoms with Crippen molar-refractivity contribution in [1.29, 1.82) is 0 Å². The zero-order valence-corrected chi connectivity index (χ0v) is 11.1. The summed E-state index contributed by atoms with van der Waals surface area (Å²) in [5, 5.41) is 15.2. The summed E-state index contributed by atoms with van der Waals surface area (Å²) in [5.41, 5.74) is 1.07. The van der Waals surface area contributed by atoms with Crippen molar-refractivity contribution in [1.82, 2.24) is 0 Å². The van der Waals surface area contributed by atoms with Crippen LogP contribution < -0.4 is 5.32 Å². The molecule has 96 valence electrons. The molecule has 0 saturated carbocycles. The van der Waals surface area contributed by atoms with Gasteiger partial charge in [-0.3, -0.25) is 0 Å². The Hall–Kier alpha value is -1.54. The summed E-state index contributed by atoms with van der Waals surface area (Å²) in [6, 6.07) is 14.7. The van der Waals surface area contributed by atoms with Gasteiger partial charge in [-0.15, -0.1) is 0 Å². The minimum atomic E-state index is -0.0444. The first-order chi connectivity index (χ1) is 8.67. The van der Waals surface area contributed by atoms with Crippen LogP contribution in [-0.2, 0) is 0 Å². The molecule has 0 fully saturated rings. The minimum Gasteiger partial charge on any atom is -0.396 e. The number of nitrogens with one attached hydrogen (secondary N) is 1. The lowest BCUT2D eigenvalue weighted by Gasteiger charge is -2.30. The fourth-order valence-corrected chi connectivity index (χ4v) is 2.19. The average Bonchev–Trinajstić information content (AvgIpc) is 2.39. The molecule has 1 atom stereocenters. The lowest BCUT2D eigenvalue weighted by Crippen LogP contribution is -2.34. The van der Waals surface area contributed by atoms with E-state index in [9.17, 15) is 0 Å². The van der Waals surface area contributed by atoms with E-state index >= 15 is 0 Å². The van der Waals surface area contributed by atoms with Gasteiger partial charge in [0.15, 0.2) is 0 Å². The van der Waals surface area contributed by atoms with Crippen LogP contribution in [0.1, 0.15) is 26.7 Å². The lowest BCUT2D eigenvalue weighted by molar-refractivity contribution is 0.252. The van der Waals surface area contributed by atoms with E-state index in [1.54, 1.807) is 0 Å². The highest BCUT2D eigenvalue weighted by Crippen LogP contribution is 2.25. The molecule has 0 aromatic heterocycles. The van der Waals surface area contributed by atoms with E-state index < -0.39 is 0 Å². The van der Waals surface area contributed by atoms with Gasteiger partial charge in [0.05, 0.1) is 0 Å². The SMILES string of the molecule is CCC(C)(CCO)Nc1ccc2ccccc2c1. The van der Waals surface area contributed by atoms with E-state index in [4.69, 9.17) is 5.11 Å². The first-order valence-corrected chi connectivity index (χ1v) is 6.55. The van der Waals surface area contributed by atoms with Crippen LogP contribution in [0.3, 0.4) is 0 Å². The third-order valence-electron chi connectivity index (χ3n) is 3.64. The number of aliphatic hydroxyl groups excluding tert-OH is 1.